The van der Waals surface area contributed by atoms with E-state index in [1.807, 2.05) is 0 Å². The SMILES string of the molecule is N[C@@H]1CC(C2CCCC2)Oc2ccc(F)cc21. The lowest BCUT2D eigenvalue weighted by Crippen LogP contribution is -2.34. The lowest BCUT2D eigenvalue weighted by Gasteiger charge is -2.33. The fourth-order valence-electron chi connectivity index (χ4n) is 3.12. The van der Waals surface area contributed by atoms with Crippen LogP contribution in [0, 0.1) is 11.7 Å². The molecule has 1 heterocycles. The zero-order chi connectivity index (χ0) is 11.8. The zero-order valence-electron chi connectivity index (χ0n) is 9.86. The van der Waals surface area contributed by atoms with Crippen LogP contribution < -0.4 is 10.5 Å². The molecule has 3 rings (SSSR count). The number of fused-ring (bicyclic) bond motifs is 1. The second kappa shape index (κ2) is 4.30. The highest BCUT2D eigenvalue weighted by atomic mass is 19.1. The van der Waals surface area contributed by atoms with Gasteiger partial charge in [-0.05, 0) is 37.0 Å². The first-order chi connectivity index (χ1) is 8.24. The Labute approximate surface area is 101 Å². The van der Waals surface area contributed by atoms with Crippen LogP contribution in [-0.4, -0.2) is 6.10 Å². The number of halogens is 1. The summed E-state index contributed by atoms with van der Waals surface area (Å²) < 4.78 is 19.1. The summed E-state index contributed by atoms with van der Waals surface area (Å²) in [5.41, 5.74) is 6.95. The van der Waals surface area contributed by atoms with E-state index in [2.05, 4.69) is 0 Å². The Hall–Kier alpha value is -1.09. The van der Waals surface area contributed by atoms with Crippen molar-refractivity contribution in [2.75, 3.05) is 0 Å². The van der Waals surface area contributed by atoms with Crippen molar-refractivity contribution in [2.24, 2.45) is 11.7 Å². The summed E-state index contributed by atoms with van der Waals surface area (Å²) in [5, 5.41) is 0. The average molecular weight is 235 g/mol. The topological polar surface area (TPSA) is 35.2 Å². The van der Waals surface area contributed by atoms with Crippen LogP contribution >= 0.6 is 0 Å². The summed E-state index contributed by atoms with van der Waals surface area (Å²) in [7, 11) is 0. The van der Waals surface area contributed by atoms with E-state index < -0.39 is 0 Å². The van der Waals surface area contributed by atoms with E-state index in [9.17, 15) is 4.39 Å². The van der Waals surface area contributed by atoms with Crippen molar-refractivity contribution in [3.8, 4) is 5.75 Å². The van der Waals surface area contributed by atoms with Crippen LogP contribution in [-0.2, 0) is 0 Å². The predicted octanol–water partition coefficient (Wildman–Crippen LogP) is 3.17. The van der Waals surface area contributed by atoms with Crippen molar-refractivity contribution < 1.29 is 9.13 Å². The number of hydrogen-bond donors (Lipinski definition) is 1. The molecule has 2 atom stereocenters. The molecule has 0 saturated heterocycles. The molecule has 1 aromatic rings. The van der Waals surface area contributed by atoms with Gasteiger partial charge < -0.3 is 10.5 Å². The maximum absolute atomic E-state index is 13.2. The van der Waals surface area contributed by atoms with Gasteiger partial charge in [0, 0.05) is 18.0 Å². The molecule has 2 nitrogen and oxygen atoms in total. The van der Waals surface area contributed by atoms with Gasteiger partial charge in [-0.1, -0.05) is 12.8 Å². The molecule has 2 aliphatic rings. The Bertz CT molecular complexity index is 415. The zero-order valence-corrected chi connectivity index (χ0v) is 9.86. The van der Waals surface area contributed by atoms with Gasteiger partial charge in [0.05, 0.1) is 0 Å². The Balaban J connectivity index is 1.84. The first kappa shape index (κ1) is 11.0. The standard InChI is InChI=1S/C14H18FNO/c15-10-5-6-13-11(7-10)12(16)8-14(17-13)9-3-1-2-4-9/h5-7,9,12,14H,1-4,8,16H2/t12-,14?/m1/s1. The molecule has 0 aromatic heterocycles. The molecule has 0 spiro atoms. The Kier molecular flexibility index (Phi) is 2.79. The molecule has 1 fully saturated rings. The van der Waals surface area contributed by atoms with Crippen LogP contribution in [0.1, 0.15) is 43.7 Å². The molecular weight excluding hydrogens is 217 g/mol. The fraction of sp³-hybridized carbons (Fsp3) is 0.571. The van der Waals surface area contributed by atoms with Crippen LogP contribution in [0.3, 0.4) is 0 Å². The van der Waals surface area contributed by atoms with Gasteiger partial charge in [-0.25, -0.2) is 4.39 Å². The van der Waals surface area contributed by atoms with Crippen LogP contribution in [0.15, 0.2) is 18.2 Å². The van der Waals surface area contributed by atoms with Crippen LogP contribution in [0.25, 0.3) is 0 Å². The molecule has 17 heavy (non-hydrogen) atoms. The summed E-state index contributed by atoms with van der Waals surface area (Å²) in [6.07, 6.45) is 6.14. The quantitative estimate of drug-likeness (QED) is 0.811. The molecular formula is C14H18FNO. The number of benzene rings is 1. The molecule has 0 radical (unpaired) electrons. The Morgan fingerprint density at radius 3 is 2.76 bits per heavy atom. The van der Waals surface area contributed by atoms with Gasteiger partial charge in [0.25, 0.3) is 0 Å². The predicted molar refractivity (Wildman–Crippen MR) is 64.3 cm³/mol. The van der Waals surface area contributed by atoms with Gasteiger partial charge in [0.1, 0.15) is 17.7 Å². The second-order valence-corrected chi connectivity index (χ2v) is 5.23. The summed E-state index contributed by atoms with van der Waals surface area (Å²) in [6.45, 7) is 0. The van der Waals surface area contributed by atoms with Gasteiger partial charge in [-0.3, -0.25) is 0 Å². The molecule has 0 bridgehead atoms. The van der Waals surface area contributed by atoms with Gasteiger partial charge in [-0.15, -0.1) is 0 Å². The van der Waals surface area contributed by atoms with Crippen molar-refractivity contribution >= 4 is 0 Å². The van der Waals surface area contributed by atoms with E-state index in [4.69, 9.17) is 10.5 Å². The van der Waals surface area contributed by atoms with E-state index in [-0.39, 0.29) is 18.0 Å². The fourth-order valence-corrected chi connectivity index (χ4v) is 3.12. The molecule has 1 aromatic carbocycles. The molecule has 1 aliphatic heterocycles. The van der Waals surface area contributed by atoms with Crippen molar-refractivity contribution in [3.63, 3.8) is 0 Å². The molecule has 92 valence electrons. The monoisotopic (exact) mass is 235 g/mol. The Morgan fingerprint density at radius 1 is 1.24 bits per heavy atom. The number of rotatable bonds is 1. The van der Waals surface area contributed by atoms with E-state index in [1.165, 1.54) is 37.8 Å². The van der Waals surface area contributed by atoms with Crippen molar-refractivity contribution in [2.45, 2.75) is 44.2 Å². The van der Waals surface area contributed by atoms with Gasteiger partial charge in [0.2, 0.25) is 0 Å². The number of nitrogens with two attached hydrogens (primary N) is 1. The van der Waals surface area contributed by atoms with Crippen molar-refractivity contribution in [3.05, 3.63) is 29.6 Å². The lowest BCUT2D eigenvalue weighted by atomic mass is 9.89. The lowest BCUT2D eigenvalue weighted by molar-refractivity contribution is 0.101. The highest BCUT2D eigenvalue weighted by molar-refractivity contribution is 5.38. The molecule has 3 heteroatoms. The highest BCUT2D eigenvalue weighted by Crippen LogP contribution is 2.40. The molecule has 1 saturated carbocycles. The summed E-state index contributed by atoms with van der Waals surface area (Å²) in [5.74, 6) is 1.18. The molecule has 1 unspecified atom stereocenters. The minimum absolute atomic E-state index is 0.0833. The van der Waals surface area contributed by atoms with Gasteiger partial charge >= 0.3 is 0 Å². The summed E-state index contributed by atoms with van der Waals surface area (Å²) >= 11 is 0. The van der Waals surface area contributed by atoms with Crippen LogP contribution in [0.4, 0.5) is 4.39 Å². The highest BCUT2D eigenvalue weighted by Gasteiger charge is 2.33. The number of ether oxygens (including phenoxy) is 1. The maximum Gasteiger partial charge on any atom is 0.124 e. The van der Waals surface area contributed by atoms with Crippen LogP contribution in [0.2, 0.25) is 0 Å². The molecule has 0 amide bonds. The first-order valence-electron chi connectivity index (χ1n) is 6.46. The maximum atomic E-state index is 13.2. The van der Waals surface area contributed by atoms with E-state index >= 15 is 0 Å². The summed E-state index contributed by atoms with van der Waals surface area (Å²) in [6, 6.07) is 4.58. The van der Waals surface area contributed by atoms with E-state index in [0.29, 0.717) is 5.92 Å². The first-order valence-corrected chi connectivity index (χ1v) is 6.46. The average Bonchev–Trinajstić information content (AvgIpc) is 2.83. The minimum atomic E-state index is -0.234. The number of hydrogen-bond acceptors (Lipinski definition) is 2. The summed E-state index contributed by atoms with van der Waals surface area (Å²) in [4.78, 5) is 0. The van der Waals surface area contributed by atoms with Crippen LogP contribution in [0.5, 0.6) is 5.75 Å². The van der Waals surface area contributed by atoms with E-state index in [0.717, 1.165) is 17.7 Å². The third kappa shape index (κ3) is 2.04. The normalized spacial score (nSPS) is 28.8. The third-order valence-electron chi connectivity index (χ3n) is 4.06. The Morgan fingerprint density at radius 2 is 2.00 bits per heavy atom. The van der Waals surface area contributed by atoms with Gasteiger partial charge in [-0.2, -0.15) is 0 Å². The second-order valence-electron chi connectivity index (χ2n) is 5.23. The van der Waals surface area contributed by atoms with E-state index in [1.54, 1.807) is 6.07 Å². The largest absolute Gasteiger partial charge is 0.490 e. The minimum Gasteiger partial charge on any atom is -0.490 e. The third-order valence-corrected chi connectivity index (χ3v) is 4.06. The molecule has 2 N–H and O–H groups in total. The molecule has 1 aliphatic carbocycles. The van der Waals surface area contributed by atoms with Crippen molar-refractivity contribution in [1.82, 2.24) is 0 Å². The van der Waals surface area contributed by atoms with Crippen molar-refractivity contribution in [1.29, 1.82) is 0 Å². The smallest absolute Gasteiger partial charge is 0.124 e. The van der Waals surface area contributed by atoms with Gasteiger partial charge in [0.15, 0.2) is 0 Å².